The van der Waals surface area contributed by atoms with Gasteiger partial charge < -0.3 is 10.1 Å². The van der Waals surface area contributed by atoms with E-state index in [2.05, 4.69) is 12.2 Å². The summed E-state index contributed by atoms with van der Waals surface area (Å²) in [5, 5.41) is 3.05. The van der Waals surface area contributed by atoms with Crippen LogP contribution in [0.15, 0.2) is 0 Å². The van der Waals surface area contributed by atoms with Gasteiger partial charge in [0, 0.05) is 18.9 Å². The van der Waals surface area contributed by atoms with Gasteiger partial charge >= 0.3 is 5.97 Å². The molecule has 3 aliphatic rings. The number of carbonyl (C=O) groups is 2. The summed E-state index contributed by atoms with van der Waals surface area (Å²) in [6.07, 6.45) is 4.31. The lowest BCUT2D eigenvalue weighted by molar-refractivity contribution is -0.144. The second-order valence-electron chi connectivity index (χ2n) is 7.06. The van der Waals surface area contributed by atoms with E-state index in [0.29, 0.717) is 29.7 Å². The molecule has 0 aromatic heterocycles. The summed E-state index contributed by atoms with van der Waals surface area (Å²) in [7, 11) is 0. The van der Waals surface area contributed by atoms with E-state index in [0.717, 1.165) is 19.3 Å². The van der Waals surface area contributed by atoms with Crippen molar-refractivity contribution in [2.75, 3.05) is 0 Å². The fourth-order valence-corrected chi connectivity index (χ4v) is 5.16. The standard InChI is InChI=1S/C16H25NO3/c1-8-13-5-4-12(17-10(3)18)6-11(13)7-14-15(8)9(2)20-16(14)19/h8-9,11-15H,4-7H2,1-3H3,(H,17,18)/t8-,9+,11-,12+,13-,14+,15+/m0/s1. The lowest BCUT2D eigenvalue weighted by Crippen LogP contribution is -2.47. The van der Waals surface area contributed by atoms with Crippen molar-refractivity contribution in [3.8, 4) is 0 Å². The molecule has 0 spiro atoms. The normalized spacial score (nSPS) is 47.1. The molecule has 20 heavy (non-hydrogen) atoms. The number of hydrogen-bond donors (Lipinski definition) is 1. The molecular weight excluding hydrogens is 254 g/mol. The number of esters is 1. The summed E-state index contributed by atoms with van der Waals surface area (Å²) >= 11 is 0. The van der Waals surface area contributed by atoms with Crippen molar-refractivity contribution in [3.63, 3.8) is 0 Å². The van der Waals surface area contributed by atoms with Gasteiger partial charge in [-0.1, -0.05) is 6.92 Å². The highest BCUT2D eigenvalue weighted by Crippen LogP contribution is 2.52. The van der Waals surface area contributed by atoms with Crippen LogP contribution in [0.3, 0.4) is 0 Å². The van der Waals surface area contributed by atoms with Crippen LogP contribution >= 0.6 is 0 Å². The van der Waals surface area contributed by atoms with Gasteiger partial charge in [0.25, 0.3) is 0 Å². The maximum atomic E-state index is 12.0. The molecule has 1 aliphatic heterocycles. The molecule has 4 nitrogen and oxygen atoms in total. The summed E-state index contributed by atoms with van der Waals surface area (Å²) in [4.78, 5) is 23.2. The van der Waals surface area contributed by atoms with Crippen molar-refractivity contribution in [1.29, 1.82) is 0 Å². The minimum atomic E-state index is 0.00875. The van der Waals surface area contributed by atoms with E-state index in [1.165, 1.54) is 6.42 Å². The van der Waals surface area contributed by atoms with Gasteiger partial charge in [-0.3, -0.25) is 9.59 Å². The largest absolute Gasteiger partial charge is 0.462 e. The Morgan fingerprint density at radius 1 is 1.25 bits per heavy atom. The second-order valence-corrected chi connectivity index (χ2v) is 7.06. The zero-order valence-corrected chi connectivity index (χ0v) is 12.6. The monoisotopic (exact) mass is 279 g/mol. The van der Waals surface area contributed by atoms with Crippen LogP contribution in [0.4, 0.5) is 0 Å². The summed E-state index contributed by atoms with van der Waals surface area (Å²) < 4.78 is 5.47. The van der Waals surface area contributed by atoms with Crippen molar-refractivity contribution in [1.82, 2.24) is 5.32 Å². The molecule has 2 saturated carbocycles. The fourth-order valence-electron chi connectivity index (χ4n) is 5.16. The number of cyclic esters (lactones) is 1. The van der Waals surface area contributed by atoms with Gasteiger partial charge in [0.05, 0.1) is 5.92 Å². The minimum Gasteiger partial charge on any atom is -0.462 e. The summed E-state index contributed by atoms with van der Waals surface area (Å²) in [6.45, 7) is 5.93. The van der Waals surface area contributed by atoms with Gasteiger partial charge in [0.2, 0.25) is 5.91 Å². The molecule has 3 fully saturated rings. The van der Waals surface area contributed by atoms with E-state index in [9.17, 15) is 9.59 Å². The lowest BCUT2D eigenvalue weighted by atomic mass is 9.57. The van der Waals surface area contributed by atoms with Gasteiger partial charge in [0.15, 0.2) is 0 Å². The highest BCUT2D eigenvalue weighted by atomic mass is 16.6. The highest BCUT2D eigenvalue weighted by Gasteiger charge is 2.53. The number of ether oxygens (including phenoxy) is 1. The Morgan fingerprint density at radius 3 is 2.70 bits per heavy atom. The Balaban J connectivity index is 1.73. The molecular formula is C16H25NO3. The average molecular weight is 279 g/mol. The quantitative estimate of drug-likeness (QED) is 0.748. The summed E-state index contributed by atoms with van der Waals surface area (Å²) in [6, 6.07) is 0.298. The van der Waals surface area contributed by atoms with E-state index in [1.807, 2.05) is 6.92 Å². The van der Waals surface area contributed by atoms with E-state index in [-0.39, 0.29) is 23.9 Å². The first-order valence-electron chi connectivity index (χ1n) is 7.95. The van der Waals surface area contributed by atoms with E-state index < -0.39 is 0 Å². The number of nitrogens with one attached hydrogen (secondary N) is 1. The molecule has 1 saturated heterocycles. The molecule has 2 aliphatic carbocycles. The average Bonchev–Trinajstić information content (AvgIpc) is 2.64. The summed E-state index contributed by atoms with van der Waals surface area (Å²) in [5.74, 6) is 2.38. The Bertz CT molecular complexity index is 422. The van der Waals surface area contributed by atoms with E-state index in [4.69, 9.17) is 4.74 Å². The van der Waals surface area contributed by atoms with Crippen LogP contribution in [-0.2, 0) is 14.3 Å². The Hall–Kier alpha value is -1.06. The van der Waals surface area contributed by atoms with Crippen LogP contribution in [0.25, 0.3) is 0 Å². The molecule has 0 aromatic rings. The summed E-state index contributed by atoms with van der Waals surface area (Å²) in [5.41, 5.74) is 0. The van der Waals surface area contributed by atoms with Gasteiger partial charge in [-0.2, -0.15) is 0 Å². The number of amides is 1. The third-order valence-electron chi connectivity index (χ3n) is 5.90. The number of carbonyl (C=O) groups excluding carboxylic acids is 2. The third kappa shape index (κ3) is 2.23. The van der Waals surface area contributed by atoms with Crippen molar-refractivity contribution in [2.24, 2.45) is 29.6 Å². The first kappa shape index (κ1) is 13.9. The third-order valence-corrected chi connectivity index (χ3v) is 5.90. The van der Waals surface area contributed by atoms with E-state index >= 15 is 0 Å². The molecule has 0 radical (unpaired) electrons. The van der Waals surface area contributed by atoms with Gasteiger partial charge in [-0.25, -0.2) is 0 Å². The zero-order valence-electron chi connectivity index (χ0n) is 12.6. The molecule has 1 amide bonds. The van der Waals surface area contributed by atoms with Crippen molar-refractivity contribution < 1.29 is 14.3 Å². The molecule has 7 atom stereocenters. The molecule has 0 unspecified atom stereocenters. The van der Waals surface area contributed by atoms with Crippen molar-refractivity contribution in [2.45, 2.75) is 58.6 Å². The highest BCUT2D eigenvalue weighted by molar-refractivity contribution is 5.75. The molecule has 1 heterocycles. The molecule has 3 rings (SSSR count). The van der Waals surface area contributed by atoms with Crippen molar-refractivity contribution in [3.05, 3.63) is 0 Å². The maximum Gasteiger partial charge on any atom is 0.309 e. The number of hydrogen-bond acceptors (Lipinski definition) is 3. The van der Waals surface area contributed by atoms with Gasteiger partial charge in [-0.15, -0.1) is 0 Å². The van der Waals surface area contributed by atoms with Crippen LogP contribution in [0.2, 0.25) is 0 Å². The van der Waals surface area contributed by atoms with E-state index in [1.54, 1.807) is 6.92 Å². The smallest absolute Gasteiger partial charge is 0.309 e. The topological polar surface area (TPSA) is 55.4 Å². The van der Waals surface area contributed by atoms with Crippen LogP contribution in [0.1, 0.15) is 46.5 Å². The first-order chi connectivity index (χ1) is 9.47. The second kappa shape index (κ2) is 5.05. The number of rotatable bonds is 1. The Kier molecular flexibility index (Phi) is 3.51. The predicted octanol–water partition coefficient (Wildman–Crippen LogP) is 2.12. The minimum absolute atomic E-state index is 0.00875. The zero-order chi connectivity index (χ0) is 14.4. The Labute approximate surface area is 120 Å². The fraction of sp³-hybridized carbons (Fsp3) is 0.875. The van der Waals surface area contributed by atoms with Crippen LogP contribution in [-0.4, -0.2) is 24.0 Å². The molecule has 0 aromatic carbocycles. The van der Waals surface area contributed by atoms with Crippen LogP contribution < -0.4 is 5.32 Å². The van der Waals surface area contributed by atoms with Crippen molar-refractivity contribution >= 4 is 11.9 Å². The molecule has 0 bridgehead atoms. The maximum absolute atomic E-state index is 12.0. The molecule has 1 N–H and O–H groups in total. The predicted molar refractivity (Wildman–Crippen MR) is 74.8 cm³/mol. The van der Waals surface area contributed by atoms with Gasteiger partial charge in [0.1, 0.15) is 6.10 Å². The number of fused-ring (bicyclic) bond motifs is 2. The lowest BCUT2D eigenvalue weighted by Gasteiger charge is -2.47. The van der Waals surface area contributed by atoms with Crippen LogP contribution in [0.5, 0.6) is 0 Å². The SMILES string of the molecule is CC(=O)N[C@@H]1CC[C@@H]2[C@@H](C1)C[C@H]1C(=O)O[C@H](C)[C@H]1[C@H]2C. The molecule has 4 heteroatoms. The molecule has 112 valence electrons. The van der Waals surface area contributed by atoms with Crippen LogP contribution in [0, 0.1) is 29.6 Å². The first-order valence-corrected chi connectivity index (χ1v) is 7.95. The Morgan fingerprint density at radius 2 is 2.00 bits per heavy atom. The van der Waals surface area contributed by atoms with Gasteiger partial charge in [-0.05, 0) is 50.4 Å².